The van der Waals surface area contributed by atoms with E-state index < -0.39 is 0 Å². The fourth-order valence-corrected chi connectivity index (χ4v) is 2.75. The third kappa shape index (κ3) is 4.97. The van der Waals surface area contributed by atoms with Crippen LogP contribution in [-0.2, 0) is 0 Å². The minimum absolute atomic E-state index is 0.694. The Balaban J connectivity index is 2.66. The van der Waals surface area contributed by atoms with Crippen LogP contribution >= 0.6 is 0 Å². The molecule has 0 aliphatic carbocycles. The van der Waals surface area contributed by atoms with Crippen molar-refractivity contribution >= 4 is 23.3 Å². The highest BCUT2D eigenvalue weighted by Crippen LogP contribution is 2.33. The monoisotopic (exact) mass is 382 g/mol. The smallest absolute Gasteiger partial charge is 0.200 e. The molecule has 150 valence electrons. The number of pyridine rings is 2. The van der Waals surface area contributed by atoms with Crippen molar-refractivity contribution in [3.05, 3.63) is 36.7 Å². The van der Waals surface area contributed by atoms with Gasteiger partial charge < -0.3 is 19.6 Å². The maximum atomic E-state index is 4.82. The first-order chi connectivity index (χ1) is 13.2. The van der Waals surface area contributed by atoms with Crippen molar-refractivity contribution in [2.24, 2.45) is 9.98 Å². The number of nitrogens with zero attached hydrogens (tertiary/aromatic N) is 8. The number of rotatable bonds is 3. The summed E-state index contributed by atoms with van der Waals surface area (Å²) >= 11 is 0. The van der Waals surface area contributed by atoms with Crippen LogP contribution in [-0.4, -0.2) is 97.9 Å². The first kappa shape index (κ1) is 21.1. The molecule has 0 unspecified atom stereocenters. The second-order valence-electron chi connectivity index (χ2n) is 7.14. The zero-order valence-corrected chi connectivity index (χ0v) is 18.0. The Morgan fingerprint density at radius 3 is 1.21 bits per heavy atom. The van der Waals surface area contributed by atoms with Crippen LogP contribution in [0.1, 0.15) is 0 Å². The Morgan fingerprint density at radius 2 is 0.929 bits per heavy atom. The molecule has 2 heterocycles. The average molecular weight is 383 g/mol. The van der Waals surface area contributed by atoms with Gasteiger partial charge in [-0.25, -0.2) is 9.98 Å². The molecule has 0 saturated heterocycles. The molecule has 0 bridgehead atoms. The fraction of sp³-hybridized carbons (Fsp3) is 0.400. The maximum absolute atomic E-state index is 4.82. The van der Waals surface area contributed by atoms with Crippen LogP contribution in [0, 0.1) is 0 Å². The summed E-state index contributed by atoms with van der Waals surface area (Å²) in [4.78, 5) is 26.6. The fourth-order valence-electron chi connectivity index (χ4n) is 2.75. The van der Waals surface area contributed by atoms with Crippen LogP contribution in [0.5, 0.6) is 0 Å². The van der Waals surface area contributed by atoms with Gasteiger partial charge in [-0.1, -0.05) is 0 Å². The zero-order chi connectivity index (χ0) is 20.8. The molecule has 2 rings (SSSR count). The molecule has 0 saturated carbocycles. The molecule has 0 aromatic carbocycles. The Labute approximate surface area is 167 Å². The third-order valence-corrected chi connectivity index (χ3v) is 3.84. The van der Waals surface area contributed by atoms with Crippen LogP contribution in [0.2, 0.25) is 0 Å². The molecule has 0 N–H and O–H groups in total. The topological polar surface area (TPSA) is 63.5 Å². The largest absolute Gasteiger partial charge is 0.349 e. The Bertz CT molecular complexity index is 761. The van der Waals surface area contributed by atoms with E-state index in [1.54, 1.807) is 12.4 Å². The standard InChI is InChI=1S/C20H30N8/c1-25(2)19(26(3)4)23-15-11-9-13-21-17(15)18-16(12-10-14-22-18)24-20(27(5)6)28(7)8/h9-14H,1-8H3. The third-order valence-electron chi connectivity index (χ3n) is 3.84. The number of aliphatic imine (C=N–C) groups is 2. The van der Waals surface area contributed by atoms with E-state index in [0.29, 0.717) is 11.4 Å². The molecule has 0 aliphatic rings. The van der Waals surface area contributed by atoms with E-state index in [9.17, 15) is 0 Å². The summed E-state index contributed by atoms with van der Waals surface area (Å²) in [5, 5.41) is 0. The van der Waals surface area contributed by atoms with Gasteiger partial charge in [0.1, 0.15) is 11.4 Å². The van der Waals surface area contributed by atoms with Crippen molar-refractivity contribution in [1.82, 2.24) is 29.6 Å². The van der Waals surface area contributed by atoms with Crippen molar-refractivity contribution in [1.29, 1.82) is 0 Å². The van der Waals surface area contributed by atoms with E-state index in [1.165, 1.54) is 0 Å². The number of hydrogen-bond acceptors (Lipinski definition) is 4. The van der Waals surface area contributed by atoms with E-state index in [2.05, 4.69) is 9.97 Å². The summed E-state index contributed by atoms with van der Waals surface area (Å²) in [6.45, 7) is 0. The van der Waals surface area contributed by atoms with Crippen LogP contribution in [0.15, 0.2) is 46.6 Å². The number of aromatic nitrogens is 2. The average Bonchev–Trinajstić information content (AvgIpc) is 2.63. The normalized spacial score (nSPS) is 10.1. The molecular formula is C20H30N8. The van der Waals surface area contributed by atoms with E-state index >= 15 is 0 Å². The van der Waals surface area contributed by atoms with Crippen LogP contribution in [0.25, 0.3) is 11.4 Å². The molecule has 0 spiro atoms. The number of hydrogen-bond donors (Lipinski definition) is 0. The first-order valence-electron chi connectivity index (χ1n) is 8.99. The highest BCUT2D eigenvalue weighted by atomic mass is 15.3. The van der Waals surface area contributed by atoms with E-state index in [-0.39, 0.29) is 0 Å². The molecular weight excluding hydrogens is 352 g/mol. The van der Waals surface area contributed by atoms with Gasteiger partial charge in [-0.05, 0) is 24.3 Å². The minimum Gasteiger partial charge on any atom is -0.349 e. The molecule has 28 heavy (non-hydrogen) atoms. The van der Waals surface area contributed by atoms with Crippen molar-refractivity contribution in [3.63, 3.8) is 0 Å². The quantitative estimate of drug-likeness (QED) is 0.600. The van der Waals surface area contributed by atoms with E-state index in [1.807, 2.05) is 100 Å². The maximum Gasteiger partial charge on any atom is 0.200 e. The van der Waals surface area contributed by atoms with Crippen LogP contribution in [0.4, 0.5) is 11.4 Å². The van der Waals surface area contributed by atoms with Crippen LogP contribution < -0.4 is 0 Å². The van der Waals surface area contributed by atoms with Crippen LogP contribution in [0.3, 0.4) is 0 Å². The van der Waals surface area contributed by atoms with E-state index in [4.69, 9.17) is 9.98 Å². The Morgan fingerprint density at radius 1 is 0.607 bits per heavy atom. The van der Waals surface area contributed by atoms with Gasteiger partial charge in [0.15, 0.2) is 0 Å². The molecule has 0 amide bonds. The molecule has 8 nitrogen and oxygen atoms in total. The van der Waals surface area contributed by atoms with Gasteiger partial charge >= 0.3 is 0 Å². The lowest BCUT2D eigenvalue weighted by Crippen LogP contribution is -2.35. The SMILES string of the molecule is CN(C)C(=Nc1cccnc1-c1ncccc1N=C(N(C)C)N(C)C)N(C)C. The van der Waals surface area contributed by atoms with Gasteiger partial charge in [0.2, 0.25) is 11.9 Å². The second kappa shape index (κ2) is 9.16. The van der Waals surface area contributed by atoms with Gasteiger partial charge in [0.05, 0.1) is 11.4 Å². The first-order valence-corrected chi connectivity index (χ1v) is 8.99. The van der Waals surface area contributed by atoms with Gasteiger partial charge in [-0.15, -0.1) is 0 Å². The summed E-state index contributed by atoms with van der Waals surface area (Å²) in [7, 11) is 15.7. The summed E-state index contributed by atoms with van der Waals surface area (Å²) in [6, 6.07) is 7.64. The van der Waals surface area contributed by atoms with Crippen molar-refractivity contribution in [2.45, 2.75) is 0 Å². The summed E-state index contributed by atoms with van der Waals surface area (Å²) in [5.74, 6) is 1.63. The summed E-state index contributed by atoms with van der Waals surface area (Å²) in [5.41, 5.74) is 2.87. The van der Waals surface area contributed by atoms with Gasteiger partial charge in [-0.2, -0.15) is 0 Å². The Kier molecular flexibility index (Phi) is 6.92. The van der Waals surface area contributed by atoms with Gasteiger partial charge in [0, 0.05) is 68.8 Å². The van der Waals surface area contributed by atoms with Crippen molar-refractivity contribution in [3.8, 4) is 11.4 Å². The Hall–Kier alpha value is -3.16. The minimum atomic E-state index is 0.694. The predicted molar refractivity (Wildman–Crippen MR) is 116 cm³/mol. The van der Waals surface area contributed by atoms with Gasteiger partial charge in [-0.3, -0.25) is 9.97 Å². The summed E-state index contributed by atoms with van der Waals surface area (Å²) in [6.07, 6.45) is 3.50. The van der Waals surface area contributed by atoms with Gasteiger partial charge in [0.25, 0.3) is 0 Å². The van der Waals surface area contributed by atoms with E-state index in [0.717, 1.165) is 23.3 Å². The molecule has 2 aromatic heterocycles. The molecule has 8 heteroatoms. The molecule has 0 radical (unpaired) electrons. The van der Waals surface area contributed by atoms with Crippen molar-refractivity contribution in [2.75, 3.05) is 56.4 Å². The number of guanidine groups is 2. The second-order valence-corrected chi connectivity index (χ2v) is 7.14. The molecule has 2 aromatic rings. The highest BCUT2D eigenvalue weighted by Gasteiger charge is 2.15. The lowest BCUT2D eigenvalue weighted by atomic mass is 10.2. The van der Waals surface area contributed by atoms with Crippen molar-refractivity contribution < 1.29 is 0 Å². The molecule has 0 atom stereocenters. The zero-order valence-electron chi connectivity index (χ0n) is 18.0. The lowest BCUT2D eigenvalue weighted by molar-refractivity contribution is 0.484. The predicted octanol–water partition coefficient (Wildman–Crippen LogP) is 2.37. The summed E-state index contributed by atoms with van der Waals surface area (Å²) < 4.78 is 0. The molecule has 0 fully saturated rings. The highest BCUT2D eigenvalue weighted by molar-refractivity contribution is 5.88. The lowest BCUT2D eigenvalue weighted by Gasteiger charge is -2.23. The molecule has 0 aliphatic heterocycles.